The van der Waals surface area contributed by atoms with Crippen molar-refractivity contribution in [3.63, 3.8) is 0 Å². The van der Waals surface area contributed by atoms with Gasteiger partial charge in [0.15, 0.2) is 0 Å². The molecule has 0 heterocycles. The Morgan fingerprint density at radius 3 is 1.33 bits per heavy atom. The van der Waals surface area contributed by atoms with Crippen molar-refractivity contribution in [2.45, 2.75) is 0 Å². The van der Waals surface area contributed by atoms with Gasteiger partial charge in [-0.05, 0) is 0 Å². The predicted molar refractivity (Wildman–Crippen MR) is 28.1 cm³/mol. The van der Waals surface area contributed by atoms with Gasteiger partial charge >= 0.3 is 35.7 Å². The molecule has 0 bridgehead atoms. The van der Waals surface area contributed by atoms with Crippen LogP contribution in [-0.4, -0.2) is 45.9 Å². The van der Waals surface area contributed by atoms with Crippen LogP contribution in [0.3, 0.4) is 0 Å². The van der Waals surface area contributed by atoms with Gasteiger partial charge in [-0.3, -0.25) is 0 Å². The van der Waals surface area contributed by atoms with Gasteiger partial charge in [-0.25, -0.2) is 4.79 Å². The van der Waals surface area contributed by atoms with Crippen LogP contribution in [0.2, 0.25) is 0 Å². The van der Waals surface area contributed by atoms with Gasteiger partial charge in [0.1, 0.15) is 0 Å². The molecule has 0 rings (SSSR count). The first-order valence-electron chi connectivity index (χ1n) is 0.651. The molecule has 5 heteroatoms. The minimum atomic E-state index is -1.83. The molecule has 6 heavy (non-hydrogen) atoms. The number of halogens is 1. The molecule has 34 valence electrons. The van der Waals surface area contributed by atoms with Crippen LogP contribution in [0.15, 0.2) is 0 Å². The molecule has 0 aromatic carbocycles. The van der Waals surface area contributed by atoms with Crippen LogP contribution in [0, 0.1) is 0 Å². The van der Waals surface area contributed by atoms with Crippen LogP contribution in [0.5, 0.6) is 0 Å². The summed E-state index contributed by atoms with van der Waals surface area (Å²) in [6, 6.07) is 0. The van der Waals surface area contributed by atoms with Crippen molar-refractivity contribution >= 4 is 52.7 Å². The molecule has 0 radical (unpaired) electrons. The van der Waals surface area contributed by atoms with Crippen molar-refractivity contribution in [1.82, 2.24) is 0 Å². The summed E-state index contributed by atoms with van der Waals surface area (Å²) < 4.78 is 0. The van der Waals surface area contributed by atoms with E-state index in [-0.39, 0.29) is 46.5 Å². The van der Waals surface area contributed by atoms with Gasteiger partial charge < -0.3 is 10.2 Å². The van der Waals surface area contributed by atoms with E-state index in [0.29, 0.717) is 0 Å². The van der Waals surface area contributed by atoms with Crippen molar-refractivity contribution in [2.24, 2.45) is 0 Å². The van der Waals surface area contributed by atoms with Crippen molar-refractivity contribution < 1.29 is 15.0 Å². The summed E-state index contributed by atoms with van der Waals surface area (Å²) >= 11 is 0. The second-order valence-electron chi connectivity index (χ2n) is 0.283. The first-order chi connectivity index (χ1) is 1.73. The second kappa shape index (κ2) is 9.23. The van der Waals surface area contributed by atoms with Gasteiger partial charge in [-0.15, -0.1) is 17.0 Å². The Bertz CT molecular complexity index is 33.8. The number of carbonyl (C=O) groups is 1. The summed E-state index contributed by atoms with van der Waals surface area (Å²) in [7, 11) is 0. The quantitative estimate of drug-likeness (QED) is 0.505. The van der Waals surface area contributed by atoms with Crippen LogP contribution in [0.25, 0.3) is 0 Å². The molecule has 2 N–H and O–H groups in total. The molecule has 0 spiro atoms. The molecule has 0 amide bonds. The Morgan fingerprint density at radius 2 is 1.33 bits per heavy atom. The van der Waals surface area contributed by atoms with E-state index in [9.17, 15) is 0 Å². The zero-order chi connectivity index (χ0) is 3.58. The summed E-state index contributed by atoms with van der Waals surface area (Å²) in [5.74, 6) is 0. The first kappa shape index (κ1) is 15.9. The van der Waals surface area contributed by atoms with Crippen molar-refractivity contribution in [2.75, 3.05) is 0 Å². The van der Waals surface area contributed by atoms with Crippen LogP contribution >= 0.6 is 17.0 Å². The van der Waals surface area contributed by atoms with E-state index in [4.69, 9.17) is 15.0 Å². The molecular weight excluding hydrogens is 163 g/mol. The van der Waals surface area contributed by atoms with Gasteiger partial charge in [-0.1, -0.05) is 0 Å². The van der Waals surface area contributed by atoms with Crippen LogP contribution in [0.4, 0.5) is 4.79 Å². The molecule has 0 aliphatic heterocycles. The Balaban J connectivity index is -0.0000000450. The maximum atomic E-state index is 8.56. The summed E-state index contributed by atoms with van der Waals surface area (Å²) in [5, 5.41) is 13.9. The van der Waals surface area contributed by atoms with E-state index in [1.54, 1.807) is 0 Å². The maximum absolute atomic E-state index is 8.56. The average molecular weight is 167 g/mol. The fraction of sp³-hybridized carbons (Fsp3) is 0. The third-order valence-corrected chi connectivity index (χ3v) is 0. The molecule has 0 atom stereocenters. The zero-order valence-electron chi connectivity index (χ0n) is 2.21. The SMILES string of the molecule is Br.O=C(O)O.[NaH]. The van der Waals surface area contributed by atoms with Crippen LogP contribution in [0.1, 0.15) is 0 Å². The van der Waals surface area contributed by atoms with Crippen molar-refractivity contribution in [3.8, 4) is 0 Å². The van der Waals surface area contributed by atoms with E-state index in [1.807, 2.05) is 0 Å². The molecule has 0 aromatic heterocycles. The predicted octanol–water partition coefficient (Wildman–Crippen LogP) is 0.152. The average Bonchev–Trinajstić information content (AvgIpc) is 0.811. The molecule has 0 unspecified atom stereocenters. The molecule has 0 aliphatic carbocycles. The van der Waals surface area contributed by atoms with Gasteiger partial charge in [0.25, 0.3) is 0 Å². The van der Waals surface area contributed by atoms with Crippen molar-refractivity contribution in [3.05, 3.63) is 0 Å². The number of rotatable bonds is 0. The molecule has 0 fully saturated rings. The van der Waals surface area contributed by atoms with Crippen LogP contribution in [-0.2, 0) is 0 Å². The zero-order valence-corrected chi connectivity index (χ0v) is 3.92. The Hall–Kier alpha value is 0.750. The van der Waals surface area contributed by atoms with E-state index in [1.165, 1.54) is 0 Å². The standard InChI is InChI=1S/CH2O3.BrH.Na.H/c2-1(3)4;;;/h(H2,2,3,4);1H;;. The minimum absolute atomic E-state index is 0. The first-order valence-corrected chi connectivity index (χ1v) is 0.651. The van der Waals surface area contributed by atoms with E-state index in [2.05, 4.69) is 0 Å². The number of carboxylic acid groups (broad SMARTS) is 2. The third kappa shape index (κ3) is 119. The van der Waals surface area contributed by atoms with Gasteiger partial charge in [-0.2, -0.15) is 0 Å². The summed E-state index contributed by atoms with van der Waals surface area (Å²) in [6.45, 7) is 0. The summed E-state index contributed by atoms with van der Waals surface area (Å²) in [4.78, 5) is 8.56. The van der Waals surface area contributed by atoms with E-state index < -0.39 is 6.16 Å². The van der Waals surface area contributed by atoms with E-state index in [0.717, 1.165) is 0 Å². The van der Waals surface area contributed by atoms with Gasteiger partial charge in [0, 0.05) is 0 Å². The van der Waals surface area contributed by atoms with Gasteiger partial charge in [0.2, 0.25) is 0 Å². The Labute approximate surface area is 67.4 Å². The second-order valence-corrected chi connectivity index (χ2v) is 0.283. The molecule has 0 saturated heterocycles. The fourth-order valence-electron chi connectivity index (χ4n) is 0. The molecule has 0 saturated carbocycles. The van der Waals surface area contributed by atoms with Crippen LogP contribution < -0.4 is 0 Å². The number of hydrogen-bond acceptors (Lipinski definition) is 1. The monoisotopic (exact) mass is 166 g/mol. The molecule has 0 aromatic rings. The molecular formula is CH4BrNaO3. The van der Waals surface area contributed by atoms with E-state index >= 15 is 0 Å². The fourth-order valence-corrected chi connectivity index (χ4v) is 0. The normalized spacial score (nSPS) is 4.00. The topological polar surface area (TPSA) is 57.5 Å². The third-order valence-electron chi connectivity index (χ3n) is 0. The molecule has 0 aliphatic rings. The molecule has 3 nitrogen and oxygen atoms in total. The summed E-state index contributed by atoms with van der Waals surface area (Å²) in [6.07, 6.45) is -1.83. The summed E-state index contributed by atoms with van der Waals surface area (Å²) in [5.41, 5.74) is 0. The van der Waals surface area contributed by atoms with Gasteiger partial charge in [0.05, 0.1) is 0 Å². The van der Waals surface area contributed by atoms with Crippen molar-refractivity contribution in [1.29, 1.82) is 0 Å². The Morgan fingerprint density at radius 1 is 1.33 bits per heavy atom. The Kier molecular flexibility index (Phi) is 24.4. The number of hydrogen-bond donors (Lipinski definition) is 2.